The van der Waals surface area contributed by atoms with Gasteiger partial charge in [0, 0.05) is 11.5 Å². The summed E-state index contributed by atoms with van der Waals surface area (Å²) in [5.41, 5.74) is 3.73. The fraction of sp³-hybridized carbons (Fsp3) is 0.588. The standard InChI is InChI=1S/C17H24O/c1-12-5-6-15(13(2)11-12)16(18)14-7-9-17(3,4)10-8-14/h5-6,11,14H,7-10H2,1-4H3. The molecule has 2 rings (SSSR count). The van der Waals surface area contributed by atoms with E-state index in [1.54, 1.807) is 0 Å². The van der Waals surface area contributed by atoms with Crippen LogP contribution in [-0.2, 0) is 0 Å². The Morgan fingerprint density at radius 1 is 1.17 bits per heavy atom. The number of hydrogen-bond acceptors (Lipinski definition) is 1. The van der Waals surface area contributed by atoms with Crippen LogP contribution >= 0.6 is 0 Å². The summed E-state index contributed by atoms with van der Waals surface area (Å²) in [4.78, 5) is 12.5. The number of ketones is 1. The lowest BCUT2D eigenvalue weighted by Gasteiger charge is -2.33. The normalized spacial score (nSPS) is 19.8. The summed E-state index contributed by atoms with van der Waals surface area (Å²) in [6, 6.07) is 6.17. The molecular formula is C17H24O. The maximum Gasteiger partial charge on any atom is 0.166 e. The summed E-state index contributed by atoms with van der Waals surface area (Å²) < 4.78 is 0. The van der Waals surface area contributed by atoms with Gasteiger partial charge in [-0.15, -0.1) is 0 Å². The van der Waals surface area contributed by atoms with Crippen molar-refractivity contribution < 1.29 is 4.79 Å². The maximum absolute atomic E-state index is 12.5. The van der Waals surface area contributed by atoms with E-state index >= 15 is 0 Å². The molecule has 0 amide bonds. The first-order valence-electron chi connectivity index (χ1n) is 7.00. The predicted molar refractivity (Wildman–Crippen MR) is 76.0 cm³/mol. The highest BCUT2D eigenvalue weighted by Gasteiger charge is 2.31. The molecule has 0 spiro atoms. The molecule has 0 aliphatic heterocycles. The third-order valence-corrected chi connectivity index (χ3v) is 4.36. The number of carbonyl (C=O) groups is 1. The lowest BCUT2D eigenvalue weighted by molar-refractivity contribution is 0.0837. The first-order chi connectivity index (χ1) is 8.39. The van der Waals surface area contributed by atoms with Crippen LogP contribution in [0.25, 0.3) is 0 Å². The monoisotopic (exact) mass is 244 g/mol. The van der Waals surface area contributed by atoms with Gasteiger partial charge in [-0.3, -0.25) is 4.79 Å². The molecule has 1 aliphatic rings. The van der Waals surface area contributed by atoms with Crippen LogP contribution in [0.2, 0.25) is 0 Å². The van der Waals surface area contributed by atoms with E-state index in [0.717, 1.165) is 24.0 Å². The first-order valence-corrected chi connectivity index (χ1v) is 7.00. The minimum Gasteiger partial charge on any atom is -0.294 e. The first kappa shape index (κ1) is 13.3. The summed E-state index contributed by atoms with van der Waals surface area (Å²) in [5, 5.41) is 0. The Morgan fingerprint density at radius 3 is 2.33 bits per heavy atom. The molecule has 0 N–H and O–H groups in total. The second-order valence-electron chi connectivity index (χ2n) is 6.62. The van der Waals surface area contributed by atoms with Crippen LogP contribution in [0.3, 0.4) is 0 Å². The van der Waals surface area contributed by atoms with Crippen LogP contribution in [0.1, 0.15) is 61.0 Å². The van der Waals surface area contributed by atoms with Gasteiger partial charge >= 0.3 is 0 Å². The average Bonchev–Trinajstić information content (AvgIpc) is 2.28. The van der Waals surface area contributed by atoms with Gasteiger partial charge in [0.25, 0.3) is 0 Å². The molecule has 0 saturated heterocycles. The highest BCUT2D eigenvalue weighted by atomic mass is 16.1. The number of carbonyl (C=O) groups excluding carboxylic acids is 1. The molecule has 1 aromatic carbocycles. The van der Waals surface area contributed by atoms with E-state index in [1.807, 2.05) is 19.1 Å². The van der Waals surface area contributed by atoms with Gasteiger partial charge in [-0.25, -0.2) is 0 Å². The molecule has 0 radical (unpaired) electrons. The van der Waals surface area contributed by atoms with Crippen LogP contribution in [0.15, 0.2) is 18.2 Å². The Hall–Kier alpha value is -1.11. The number of rotatable bonds is 2. The van der Waals surface area contributed by atoms with Gasteiger partial charge in [0.15, 0.2) is 5.78 Å². The molecule has 0 heterocycles. The second kappa shape index (κ2) is 4.87. The lowest BCUT2D eigenvalue weighted by Crippen LogP contribution is -2.26. The van der Waals surface area contributed by atoms with Gasteiger partial charge in [-0.05, 0) is 50.5 Å². The van der Waals surface area contributed by atoms with Gasteiger partial charge in [-0.1, -0.05) is 37.6 Å². The minimum absolute atomic E-state index is 0.249. The third-order valence-electron chi connectivity index (χ3n) is 4.36. The average molecular weight is 244 g/mol. The highest BCUT2D eigenvalue weighted by molar-refractivity contribution is 5.99. The molecule has 1 aromatic rings. The van der Waals surface area contributed by atoms with Gasteiger partial charge in [0.1, 0.15) is 0 Å². The van der Waals surface area contributed by atoms with Crippen LogP contribution in [0.5, 0.6) is 0 Å². The van der Waals surface area contributed by atoms with E-state index in [9.17, 15) is 4.79 Å². The van der Waals surface area contributed by atoms with Crippen molar-refractivity contribution in [2.24, 2.45) is 11.3 Å². The summed E-state index contributed by atoms with van der Waals surface area (Å²) in [5.74, 6) is 0.613. The van der Waals surface area contributed by atoms with Crippen molar-refractivity contribution in [3.63, 3.8) is 0 Å². The molecule has 1 aliphatic carbocycles. The zero-order valence-electron chi connectivity index (χ0n) is 12.0. The van der Waals surface area contributed by atoms with Crippen molar-refractivity contribution >= 4 is 5.78 Å². The molecule has 0 aromatic heterocycles. The third kappa shape index (κ3) is 2.82. The van der Waals surface area contributed by atoms with Gasteiger partial charge < -0.3 is 0 Å². The Bertz CT molecular complexity index is 447. The van der Waals surface area contributed by atoms with E-state index in [1.165, 1.54) is 18.4 Å². The highest BCUT2D eigenvalue weighted by Crippen LogP contribution is 2.39. The molecule has 0 unspecified atom stereocenters. The molecular weight excluding hydrogens is 220 g/mol. The quantitative estimate of drug-likeness (QED) is 0.689. The van der Waals surface area contributed by atoms with E-state index in [4.69, 9.17) is 0 Å². The van der Waals surface area contributed by atoms with E-state index in [0.29, 0.717) is 11.2 Å². The fourth-order valence-electron chi connectivity index (χ4n) is 2.97. The van der Waals surface area contributed by atoms with E-state index in [-0.39, 0.29) is 5.92 Å². The molecule has 0 bridgehead atoms. The largest absolute Gasteiger partial charge is 0.294 e. The zero-order valence-corrected chi connectivity index (χ0v) is 12.0. The SMILES string of the molecule is Cc1ccc(C(=O)C2CCC(C)(C)CC2)c(C)c1. The summed E-state index contributed by atoms with van der Waals surface area (Å²) in [6.07, 6.45) is 4.46. The van der Waals surface area contributed by atoms with Crippen molar-refractivity contribution in [2.45, 2.75) is 53.4 Å². The van der Waals surface area contributed by atoms with Crippen LogP contribution < -0.4 is 0 Å². The number of hydrogen-bond donors (Lipinski definition) is 0. The van der Waals surface area contributed by atoms with Crippen LogP contribution in [0, 0.1) is 25.2 Å². The summed E-state index contributed by atoms with van der Waals surface area (Å²) >= 11 is 0. The van der Waals surface area contributed by atoms with E-state index < -0.39 is 0 Å². The molecule has 1 nitrogen and oxygen atoms in total. The molecule has 1 fully saturated rings. The van der Waals surface area contributed by atoms with E-state index in [2.05, 4.69) is 26.8 Å². The Labute approximate surface area is 111 Å². The van der Waals surface area contributed by atoms with Gasteiger partial charge in [0.05, 0.1) is 0 Å². The van der Waals surface area contributed by atoms with Crippen molar-refractivity contribution in [3.05, 3.63) is 34.9 Å². The molecule has 18 heavy (non-hydrogen) atoms. The smallest absolute Gasteiger partial charge is 0.166 e. The van der Waals surface area contributed by atoms with Crippen molar-refractivity contribution in [1.82, 2.24) is 0 Å². The molecule has 98 valence electrons. The topological polar surface area (TPSA) is 17.1 Å². The van der Waals surface area contributed by atoms with Gasteiger partial charge in [0.2, 0.25) is 0 Å². The number of aryl methyl sites for hydroxylation is 2. The molecule has 1 heteroatoms. The number of benzene rings is 1. The van der Waals surface area contributed by atoms with Crippen LogP contribution in [0.4, 0.5) is 0 Å². The zero-order chi connectivity index (χ0) is 13.3. The maximum atomic E-state index is 12.5. The Kier molecular flexibility index (Phi) is 3.61. The number of Topliss-reactive ketones (excluding diaryl/α,β-unsaturated/α-hetero) is 1. The fourth-order valence-corrected chi connectivity index (χ4v) is 2.97. The predicted octanol–water partition coefficient (Wildman–Crippen LogP) is 4.70. The summed E-state index contributed by atoms with van der Waals surface area (Å²) in [7, 11) is 0. The van der Waals surface area contributed by atoms with Crippen molar-refractivity contribution in [2.75, 3.05) is 0 Å². The minimum atomic E-state index is 0.249. The summed E-state index contributed by atoms with van der Waals surface area (Å²) in [6.45, 7) is 8.74. The Morgan fingerprint density at radius 2 is 1.78 bits per heavy atom. The lowest BCUT2D eigenvalue weighted by atomic mass is 9.71. The van der Waals surface area contributed by atoms with Gasteiger partial charge in [-0.2, -0.15) is 0 Å². The van der Waals surface area contributed by atoms with Crippen molar-refractivity contribution in [1.29, 1.82) is 0 Å². The Balaban J connectivity index is 2.13. The molecule has 0 atom stereocenters. The molecule has 1 saturated carbocycles. The van der Waals surface area contributed by atoms with Crippen LogP contribution in [-0.4, -0.2) is 5.78 Å². The second-order valence-corrected chi connectivity index (χ2v) is 6.62. The van der Waals surface area contributed by atoms with Crippen molar-refractivity contribution in [3.8, 4) is 0 Å².